The van der Waals surface area contributed by atoms with Gasteiger partial charge < -0.3 is 19.9 Å². The molecule has 2 aromatic heterocycles. The summed E-state index contributed by atoms with van der Waals surface area (Å²) in [4.78, 5) is 25.4. The van der Waals surface area contributed by atoms with E-state index >= 15 is 0 Å². The van der Waals surface area contributed by atoms with Gasteiger partial charge in [0.05, 0.1) is 6.61 Å². The second-order valence-electron chi connectivity index (χ2n) is 9.51. The lowest BCUT2D eigenvalue weighted by atomic mass is 9.97. The van der Waals surface area contributed by atoms with Crippen LogP contribution >= 0.6 is 0 Å². The molecule has 0 spiro atoms. The molecule has 1 aromatic carbocycles. The van der Waals surface area contributed by atoms with Crippen molar-refractivity contribution >= 4 is 22.8 Å². The summed E-state index contributed by atoms with van der Waals surface area (Å²) in [7, 11) is 1.73. The topological polar surface area (TPSA) is 102 Å². The molecule has 0 radical (unpaired) electrons. The lowest BCUT2D eigenvalue weighted by Gasteiger charge is -2.33. The first-order valence-corrected chi connectivity index (χ1v) is 12.3. The molecule has 1 atom stereocenters. The number of carbonyl (C=O) groups is 1. The average Bonchev–Trinajstić information content (AvgIpc) is 3.49. The number of aromatic amines is 2. The van der Waals surface area contributed by atoms with Crippen LogP contribution in [0.1, 0.15) is 42.9 Å². The zero-order chi connectivity index (χ0) is 23.9. The number of amides is 1. The van der Waals surface area contributed by atoms with E-state index in [9.17, 15) is 4.79 Å². The van der Waals surface area contributed by atoms with Gasteiger partial charge in [-0.1, -0.05) is 32.0 Å². The van der Waals surface area contributed by atoms with Gasteiger partial charge in [0.15, 0.2) is 0 Å². The zero-order valence-corrected chi connectivity index (χ0v) is 20.5. The Morgan fingerprint density at radius 1 is 1.18 bits per heavy atom. The summed E-state index contributed by atoms with van der Waals surface area (Å²) in [6.07, 6.45) is 4.78. The molecule has 1 aliphatic rings. The Morgan fingerprint density at radius 3 is 2.74 bits per heavy atom. The Labute approximate surface area is 201 Å². The number of nitrogens with one attached hydrogen (secondary N) is 3. The molecule has 1 fully saturated rings. The zero-order valence-electron chi connectivity index (χ0n) is 20.5. The number of benzene rings is 1. The predicted molar refractivity (Wildman–Crippen MR) is 134 cm³/mol. The molecule has 34 heavy (non-hydrogen) atoms. The highest BCUT2D eigenvalue weighted by Crippen LogP contribution is 2.21. The van der Waals surface area contributed by atoms with Gasteiger partial charge in [0.25, 0.3) is 5.91 Å². The van der Waals surface area contributed by atoms with E-state index in [1.165, 1.54) is 10.9 Å². The van der Waals surface area contributed by atoms with Gasteiger partial charge in [-0.05, 0) is 36.8 Å². The lowest BCUT2D eigenvalue weighted by Crippen LogP contribution is -2.47. The van der Waals surface area contributed by atoms with Crippen molar-refractivity contribution in [3.8, 4) is 0 Å². The normalized spacial score (nSPS) is 15.8. The van der Waals surface area contributed by atoms with Crippen LogP contribution < -0.4 is 10.2 Å². The fourth-order valence-corrected chi connectivity index (χ4v) is 4.47. The molecule has 3 N–H and O–H groups in total. The fourth-order valence-electron chi connectivity index (χ4n) is 4.47. The van der Waals surface area contributed by atoms with Crippen LogP contribution in [0.4, 0.5) is 5.95 Å². The number of nitrogens with zero attached hydrogens (tertiary/aromatic N) is 4. The number of methoxy groups -OCH3 is 1. The maximum absolute atomic E-state index is 13.1. The first kappa shape index (κ1) is 24.2. The van der Waals surface area contributed by atoms with Gasteiger partial charge in [-0.2, -0.15) is 4.98 Å². The number of fused-ring (bicyclic) bond motifs is 1. The second kappa shape index (κ2) is 11.5. The Morgan fingerprint density at radius 2 is 1.97 bits per heavy atom. The summed E-state index contributed by atoms with van der Waals surface area (Å²) in [5, 5.41) is 11.6. The van der Waals surface area contributed by atoms with Crippen molar-refractivity contribution < 1.29 is 9.53 Å². The third-order valence-corrected chi connectivity index (χ3v) is 6.52. The summed E-state index contributed by atoms with van der Waals surface area (Å²) in [5.74, 6) is 1.23. The molecule has 0 saturated carbocycles. The van der Waals surface area contributed by atoms with Crippen molar-refractivity contribution in [2.45, 2.75) is 39.2 Å². The van der Waals surface area contributed by atoms with E-state index in [0.717, 1.165) is 64.1 Å². The maximum Gasteiger partial charge on any atom is 0.288 e. The molecule has 0 aliphatic carbocycles. The number of rotatable bonds is 11. The van der Waals surface area contributed by atoms with Crippen molar-refractivity contribution in [1.82, 2.24) is 30.4 Å². The molecular formula is C25H37N7O2. The van der Waals surface area contributed by atoms with E-state index in [0.29, 0.717) is 11.9 Å². The van der Waals surface area contributed by atoms with Crippen LogP contribution in [0.2, 0.25) is 0 Å². The van der Waals surface area contributed by atoms with Gasteiger partial charge >= 0.3 is 0 Å². The summed E-state index contributed by atoms with van der Waals surface area (Å²) in [5.41, 5.74) is 2.34. The lowest BCUT2D eigenvalue weighted by molar-refractivity contribution is 0.0923. The largest absolute Gasteiger partial charge is 0.383 e. The van der Waals surface area contributed by atoms with Crippen molar-refractivity contribution in [1.29, 1.82) is 0 Å². The molecule has 4 rings (SSSR count). The number of para-hydroxylation sites is 1. The van der Waals surface area contributed by atoms with Gasteiger partial charge in [-0.3, -0.25) is 14.8 Å². The number of aromatic nitrogens is 4. The monoisotopic (exact) mass is 467 g/mol. The highest BCUT2D eigenvalue weighted by Gasteiger charge is 2.23. The van der Waals surface area contributed by atoms with Crippen molar-refractivity contribution in [2.24, 2.45) is 5.92 Å². The summed E-state index contributed by atoms with van der Waals surface area (Å²) >= 11 is 0. The molecule has 9 nitrogen and oxygen atoms in total. The third-order valence-electron chi connectivity index (χ3n) is 6.52. The number of ether oxygens (including phenoxy) is 1. The summed E-state index contributed by atoms with van der Waals surface area (Å²) in [6, 6.07) is 8.30. The van der Waals surface area contributed by atoms with Crippen LogP contribution in [0.15, 0.2) is 30.5 Å². The van der Waals surface area contributed by atoms with E-state index in [-0.39, 0.29) is 17.8 Å². The number of anilines is 1. The smallest absolute Gasteiger partial charge is 0.288 e. The van der Waals surface area contributed by atoms with Gasteiger partial charge in [0.1, 0.15) is 0 Å². The second-order valence-corrected chi connectivity index (χ2v) is 9.51. The van der Waals surface area contributed by atoms with E-state index < -0.39 is 0 Å². The van der Waals surface area contributed by atoms with Gasteiger partial charge in [-0.15, -0.1) is 5.10 Å². The molecule has 184 valence electrons. The quantitative estimate of drug-likeness (QED) is 0.401. The summed E-state index contributed by atoms with van der Waals surface area (Å²) < 4.78 is 5.17. The van der Waals surface area contributed by atoms with Gasteiger partial charge in [0, 0.05) is 63.0 Å². The highest BCUT2D eigenvalue weighted by atomic mass is 16.5. The molecule has 0 bridgehead atoms. The van der Waals surface area contributed by atoms with Crippen LogP contribution in [0.25, 0.3) is 10.9 Å². The Balaban J connectivity index is 1.38. The number of H-pyrrole nitrogens is 2. The van der Waals surface area contributed by atoms with Gasteiger partial charge in [-0.25, -0.2) is 0 Å². The minimum atomic E-state index is -0.203. The Hall–Kier alpha value is -2.91. The number of hydrogen-bond donors (Lipinski definition) is 3. The minimum Gasteiger partial charge on any atom is -0.383 e. The van der Waals surface area contributed by atoms with Crippen LogP contribution in [-0.4, -0.2) is 83.5 Å². The van der Waals surface area contributed by atoms with Crippen molar-refractivity contribution in [3.05, 3.63) is 41.9 Å². The van der Waals surface area contributed by atoms with Crippen molar-refractivity contribution in [2.75, 3.05) is 51.3 Å². The number of hydrogen-bond acceptors (Lipinski definition) is 6. The van der Waals surface area contributed by atoms with Crippen LogP contribution in [0, 0.1) is 5.92 Å². The highest BCUT2D eigenvalue weighted by molar-refractivity contribution is 5.91. The number of piperazine rings is 1. The average molecular weight is 468 g/mol. The maximum atomic E-state index is 13.1. The van der Waals surface area contributed by atoms with E-state index in [2.05, 4.69) is 73.5 Å². The third kappa shape index (κ3) is 6.15. The standard InChI is InChI=1S/C25H37N7O2/c1-18(2)8-9-20(16-19-17-26-22-7-5-4-6-21(19)22)27-24(33)23-28-25(30-29-23)32-12-10-31(11-13-32)14-15-34-3/h4-7,17-18,20,26H,8-16H2,1-3H3,(H,27,33)(H,28,29,30). The van der Waals surface area contributed by atoms with Gasteiger partial charge in [0.2, 0.25) is 11.8 Å². The Kier molecular flexibility index (Phi) is 8.18. The molecule has 1 unspecified atom stereocenters. The Bertz CT molecular complexity index is 1050. The minimum absolute atomic E-state index is 0.0204. The molecule has 1 amide bonds. The fraction of sp³-hybridized carbons (Fsp3) is 0.560. The van der Waals surface area contributed by atoms with E-state index in [4.69, 9.17) is 4.74 Å². The SMILES string of the molecule is COCCN1CCN(c2n[nH]c(C(=O)NC(CCC(C)C)Cc3c[nH]c4ccccc34)n2)CC1. The van der Waals surface area contributed by atoms with E-state index in [1.807, 2.05) is 6.07 Å². The first-order valence-electron chi connectivity index (χ1n) is 12.3. The molecule has 1 aliphatic heterocycles. The predicted octanol–water partition coefficient (Wildman–Crippen LogP) is 2.83. The van der Waals surface area contributed by atoms with Crippen LogP contribution in [0.3, 0.4) is 0 Å². The van der Waals surface area contributed by atoms with E-state index in [1.54, 1.807) is 7.11 Å². The van der Waals surface area contributed by atoms with Crippen LogP contribution in [0.5, 0.6) is 0 Å². The molecule has 3 aromatic rings. The van der Waals surface area contributed by atoms with Crippen LogP contribution in [-0.2, 0) is 11.2 Å². The molecule has 3 heterocycles. The van der Waals surface area contributed by atoms with Crippen molar-refractivity contribution in [3.63, 3.8) is 0 Å². The number of carbonyl (C=O) groups excluding carboxylic acids is 1. The first-order chi connectivity index (χ1) is 16.5. The summed E-state index contributed by atoms with van der Waals surface area (Å²) in [6.45, 7) is 9.62. The molecule has 9 heteroatoms. The molecule has 1 saturated heterocycles. The molecular weight excluding hydrogens is 430 g/mol.